The summed E-state index contributed by atoms with van der Waals surface area (Å²) in [6.45, 7) is -4.17. The van der Waals surface area contributed by atoms with Crippen molar-refractivity contribution >= 4 is 17.9 Å². The van der Waals surface area contributed by atoms with Gasteiger partial charge in [0.15, 0.2) is 0 Å². The molecule has 0 heterocycles. The molecule has 0 aromatic rings. The topological polar surface area (TPSA) is 120 Å². The molecule has 0 bridgehead atoms. The number of halogens is 3. The molecule has 6 nitrogen and oxygen atoms in total. The summed E-state index contributed by atoms with van der Waals surface area (Å²) in [6, 6.07) is 0. The van der Waals surface area contributed by atoms with E-state index in [2.05, 4.69) is 0 Å². The van der Waals surface area contributed by atoms with Crippen molar-refractivity contribution in [2.24, 2.45) is 0 Å². The van der Waals surface area contributed by atoms with Crippen molar-refractivity contribution in [1.82, 2.24) is 0 Å². The predicted molar refractivity (Wildman–Crippen MR) is 32.9 cm³/mol. The van der Waals surface area contributed by atoms with Crippen LogP contribution in [0.25, 0.3) is 0 Å². The molecule has 0 saturated heterocycles. The van der Waals surface area contributed by atoms with Gasteiger partial charge in [-0.05, 0) is 0 Å². The standard InChI is InChI=1S/3C2H3FO2.Y/c3*3-1-2(4)5;/h3*1H2,(H,4,5);/q;;;+3/p-3. The van der Waals surface area contributed by atoms with Crippen LogP contribution in [0, 0.1) is 0 Å². The third-order valence-electron chi connectivity index (χ3n) is 0.327. The quantitative estimate of drug-likeness (QED) is 0.524. The molecule has 0 aromatic carbocycles. The van der Waals surface area contributed by atoms with Crippen molar-refractivity contribution in [3.05, 3.63) is 0 Å². The summed E-state index contributed by atoms with van der Waals surface area (Å²) in [6.07, 6.45) is 0. The van der Waals surface area contributed by atoms with Crippen molar-refractivity contribution in [1.29, 1.82) is 0 Å². The third kappa shape index (κ3) is 71.6. The predicted octanol–water partition coefficient (Wildman–Crippen LogP) is -3.89. The van der Waals surface area contributed by atoms with Crippen LogP contribution < -0.4 is 15.3 Å². The number of aliphatic carboxylic acids is 3. The van der Waals surface area contributed by atoms with E-state index >= 15 is 0 Å². The molecule has 0 amide bonds. The summed E-state index contributed by atoms with van der Waals surface area (Å²) >= 11 is 0. The molecule has 0 rings (SSSR count). The van der Waals surface area contributed by atoms with E-state index in [1.54, 1.807) is 0 Å². The van der Waals surface area contributed by atoms with Crippen LogP contribution >= 0.6 is 0 Å². The number of carbonyl (C=O) groups is 3. The van der Waals surface area contributed by atoms with Crippen molar-refractivity contribution in [2.45, 2.75) is 0 Å². The van der Waals surface area contributed by atoms with Gasteiger partial charge in [0.25, 0.3) is 0 Å². The van der Waals surface area contributed by atoms with Crippen LogP contribution in [-0.4, -0.2) is 37.9 Å². The van der Waals surface area contributed by atoms with E-state index in [0.29, 0.717) is 0 Å². The third-order valence-corrected chi connectivity index (χ3v) is 0.327. The Kier molecular flexibility index (Phi) is 30.3. The van der Waals surface area contributed by atoms with E-state index in [4.69, 9.17) is 29.7 Å². The minimum Gasteiger partial charge on any atom is -0.547 e. The first-order valence-electron chi connectivity index (χ1n) is 3.09. The zero-order chi connectivity index (χ0) is 12.9. The van der Waals surface area contributed by atoms with Gasteiger partial charge in [-0.15, -0.1) is 0 Å². The van der Waals surface area contributed by atoms with E-state index in [9.17, 15) is 13.2 Å². The Hall–Kier alpha value is -0.696. The van der Waals surface area contributed by atoms with Crippen LogP contribution in [-0.2, 0) is 47.1 Å². The van der Waals surface area contributed by atoms with Crippen molar-refractivity contribution in [3.63, 3.8) is 0 Å². The van der Waals surface area contributed by atoms with Gasteiger partial charge in [0.1, 0.15) is 20.0 Å². The van der Waals surface area contributed by atoms with Gasteiger partial charge < -0.3 is 29.7 Å². The Labute approximate surface area is 113 Å². The van der Waals surface area contributed by atoms with E-state index in [-0.39, 0.29) is 32.7 Å². The Balaban J connectivity index is -0.0000000655. The number of hydrogen-bond acceptors (Lipinski definition) is 6. The second-order valence-electron chi connectivity index (χ2n) is 1.52. The average molecular weight is 320 g/mol. The summed E-state index contributed by atoms with van der Waals surface area (Å²) < 4.78 is 31.4. The molecular formula is C6H6F3O6Y. The first-order chi connectivity index (χ1) is 6.81. The summed E-state index contributed by atoms with van der Waals surface area (Å²) in [7, 11) is 0. The van der Waals surface area contributed by atoms with E-state index < -0.39 is 37.9 Å². The van der Waals surface area contributed by atoms with Gasteiger partial charge in [0, 0.05) is 0 Å². The minimum absolute atomic E-state index is 0. The number of alkyl halides is 3. The van der Waals surface area contributed by atoms with E-state index in [0.717, 1.165) is 0 Å². The molecule has 10 heteroatoms. The second-order valence-corrected chi connectivity index (χ2v) is 1.52. The Morgan fingerprint density at radius 1 is 0.688 bits per heavy atom. The van der Waals surface area contributed by atoms with Gasteiger partial charge >= 0.3 is 32.7 Å². The smallest absolute Gasteiger partial charge is 0.547 e. The Morgan fingerprint density at radius 3 is 0.750 bits per heavy atom. The van der Waals surface area contributed by atoms with Gasteiger partial charge in [-0.25, -0.2) is 13.2 Å². The zero-order valence-corrected chi connectivity index (χ0v) is 10.6. The largest absolute Gasteiger partial charge is 3.00 e. The normalized spacial score (nSPS) is 6.94. The molecule has 16 heavy (non-hydrogen) atoms. The zero-order valence-electron chi connectivity index (χ0n) is 7.78. The Morgan fingerprint density at radius 2 is 0.750 bits per heavy atom. The van der Waals surface area contributed by atoms with Crippen LogP contribution in [0.3, 0.4) is 0 Å². The molecule has 90 valence electrons. The van der Waals surface area contributed by atoms with Crippen molar-refractivity contribution in [2.75, 3.05) is 20.0 Å². The van der Waals surface area contributed by atoms with Crippen molar-refractivity contribution in [3.8, 4) is 0 Å². The fourth-order valence-corrected chi connectivity index (χ4v) is 0. The van der Waals surface area contributed by atoms with Gasteiger partial charge in [-0.3, -0.25) is 0 Å². The van der Waals surface area contributed by atoms with Crippen LogP contribution in [0.4, 0.5) is 13.2 Å². The number of carboxylic acids is 3. The molecular weight excluding hydrogens is 314 g/mol. The molecule has 0 spiro atoms. The van der Waals surface area contributed by atoms with Crippen LogP contribution in [0.15, 0.2) is 0 Å². The van der Waals surface area contributed by atoms with Gasteiger partial charge in [0.05, 0.1) is 17.9 Å². The average Bonchev–Trinajstić information content (AvgIpc) is 2.19. The monoisotopic (exact) mass is 320 g/mol. The maximum Gasteiger partial charge on any atom is 3.00 e. The molecule has 0 saturated carbocycles. The van der Waals surface area contributed by atoms with E-state index in [1.807, 2.05) is 0 Å². The fourth-order valence-electron chi connectivity index (χ4n) is 0. The summed E-state index contributed by atoms with van der Waals surface area (Å²) in [4.78, 5) is 26.6. The van der Waals surface area contributed by atoms with E-state index in [1.165, 1.54) is 0 Å². The molecule has 0 aliphatic heterocycles. The summed E-state index contributed by atoms with van der Waals surface area (Å²) in [5.74, 6) is -4.99. The maximum absolute atomic E-state index is 10.5. The second kappa shape index (κ2) is 19.8. The molecule has 0 radical (unpaired) electrons. The minimum atomic E-state index is -1.66. The number of hydrogen-bond donors (Lipinski definition) is 0. The van der Waals surface area contributed by atoms with Gasteiger partial charge in [-0.1, -0.05) is 0 Å². The van der Waals surface area contributed by atoms with Gasteiger partial charge in [0.2, 0.25) is 0 Å². The van der Waals surface area contributed by atoms with Crippen LogP contribution in [0.2, 0.25) is 0 Å². The fraction of sp³-hybridized carbons (Fsp3) is 0.500. The number of carboxylic acid groups (broad SMARTS) is 3. The molecule has 0 N–H and O–H groups in total. The summed E-state index contributed by atoms with van der Waals surface area (Å²) in [5.41, 5.74) is 0. The summed E-state index contributed by atoms with van der Waals surface area (Å²) in [5, 5.41) is 26.6. The van der Waals surface area contributed by atoms with Crippen LogP contribution in [0.1, 0.15) is 0 Å². The van der Waals surface area contributed by atoms with Gasteiger partial charge in [-0.2, -0.15) is 0 Å². The first-order valence-corrected chi connectivity index (χ1v) is 3.09. The molecule has 0 unspecified atom stereocenters. The van der Waals surface area contributed by atoms with Crippen LogP contribution in [0.5, 0.6) is 0 Å². The molecule has 0 atom stereocenters. The molecule has 0 aromatic heterocycles. The molecule has 0 aliphatic carbocycles. The maximum atomic E-state index is 10.5. The number of rotatable bonds is 3. The van der Waals surface area contributed by atoms with Crippen molar-refractivity contribution < 1.29 is 75.6 Å². The number of carbonyl (C=O) groups excluding carboxylic acids is 3. The molecule has 0 aliphatic rings. The Bertz CT molecular complexity index is 167. The molecule has 0 fully saturated rings. The first kappa shape index (κ1) is 24.5. The SMILES string of the molecule is O=C([O-])CF.O=C([O-])CF.O=C([O-])CF.[Y+3].